The smallest absolute Gasteiger partial charge is 0.475 e. The molecule has 1 rings (SSSR count). The van der Waals surface area contributed by atoms with Crippen LogP contribution < -0.4 is 5.32 Å². The Balaban J connectivity index is 0.000000325. The van der Waals surface area contributed by atoms with E-state index in [-0.39, 0.29) is 5.83 Å². The maximum Gasteiger partial charge on any atom is 0.490 e. The highest BCUT2D eigenvalue weighted by atomic mass is 19.4. The van der Waals surface area contributed by atoms with Gasteiger partial charge in [-0.25, -0.2) is 9.18 Å². The molecule has 0 saturated carbocycles. The van der Waals surface area contributed by atoms with E-state index in [0.29, 0.717) is 6.54 Å². The van der Waals surface area contributed by atoms with Crippen molar-refractivity contribution in [3.8, 4) is 0 Å². The van der Waals surface area contributed by atoms with Crippen molar-refractivity contribution in [1.82, 2.24) is 5.32 Å². The number of halogens is 4. The zero-order chi connectivity index (χ0) is 13.5. The molecule has 1 fully saturated rings. The van der Waals surface area contributed by atoms with Crippen LogP contribution in [-0.4, -0.2) is 42.1 Å². The first-order valence-electron chi connectivity index (χ1n) is 4.77. The molecule has 0 amide bonds. The van der Waals surface area contributed by atoms with E-state index in [4.69, 9.17) is 15.0 Å². The molecule has 0 unspecified atom stereocenters. The minimum atomic E-state index is -5.08. The van der Waals surface area contributed by atoms with Gasteiger partial charge in [0.1, 0.15) is 5.83 Å². The zero-order valence-electron chi connectivity index (χ0n) is 8.85. The minimum Gasteiger partial charge on any atom is -0.475 e. The number of carboxylic acid groups (broad SMARTS) is 1. The number of aliphatic carboxylic acids is 1. The second-order valence-electron chi connectivity index (χ2n) is 3.25. The topological polar surface area (TPSA) is 69.6 Å². The Hall–Kier alpha value is -1.15. The van der Waals surface area contributed by atoms with Crippen molar-refractivity contribution in [3.05, 3.63) is 11.4 Å². The molecule has 3 N–H and O–H groups in total. The molecule has 0 aliphatic carbocycles. The molecule has 0 atom stereocenters. The molecular weight excluding hydrogens is 246 g/mol. The van der Waals surface area contributed by atoms with Gasteiger partial charge in [-0.05, 0) is 25.0 Å². The maximum atomic E-state index is 12.6. The number of aliphatic hydroxyl groups excluding tert-OH is 1. The van der Waals surface area contributed by atoms with E-state index in [1.807, 2.05) is 0 Å². The zero-order valence-corrected chi connectivity index (χ0v) is 8.85. The van der Waals surface area contributed by atoms with Crippen molar-refractivity contribution >= 4 is 5.97 Å². The van der Waals surface area contributed by atoms with Crippen molar-refractivity contribution in [1.29, 1.82) is 0 Å². The van der Waals surface area contributed by atoms with Crippen LogP contribution in [0.1, 0.15) is 12.8 Å². The summed E-state index contributed by atoms with van der Waals surface area (Å²) in [7, 11) is 0. The molecule has 1 saturated heterocycles. The van der Waals surface area contributed by atoms with E-state index in [0.717, 1.165) is 25.0 Å². The quantitative estimate of drug-likeness (QED) is 0.619. The number of carbonyl (C=O) groups is 1. The third-order valence-electron chi connectivity index (χ3n) is 1.94. The molecule has 0 radical (unpaired) electrons. The molecule has 100 valence electrons. The second kappa shape index (κ2) is 7.23. The van der Waals surface area contributed by atoms with E-state index < -0.39 is 18.8 Å². The monoisotopic (exact) mass is 259 g/mol. The molecule has 4 nitrogen and oxygen atoms in total. The highest BCUT2D eigenvalue weighted by Gasteiger charge is 2.38. The first-order chi connectivity index (χ1) is 7.79. The van der Waals surface area contributed by atoms with Gasteiger partial charge in [0.2, 0.25) is 0 Å². The number of hydrogen-bond donors (Lipinski definition) is 3. The summed E-state index contributed by atoms with van der Waals surface area (Å²) in [6.45, 7) is 1.12. The van der Waals surface area contributed by atoms with Crippen molar-refractivity contribution in [2.24, 2.45) is 0 Å². The Morgan fingerprint density at radius 1 is 1.41 bits per heavy atom. The fraction of sp³-hybridized carbons (Fsp3) is 0.667. The summed E-state index contributed by atoms with van der Waals surface area (Å²) in [5.41, 5.74) is 0.730. The molecule has 8 heteroatoms. The Labute approximate surface area is 94.9 Å². The molecular formula is C9H13F4NO3. The summed E-state index contributed by atoms with van der Waals surface area (Å²) in [6.07, 6.45) is -3.32. The number of rotatable bonds is 1. The number of carboxylic acids is 1. The SMILES string of the molecule is O=C(O)C(F)(F)F.OC/C(F)=C1\CCCNC1. The largest absolute Gasteiger partial charge is 0.490 e. The first kappa shape index (κ1) is 15.9. The molecule has 0 bridgehead atoms. The molecule has 1 heterocycles. The molecule has 0 aromatic heterocycles. The van der Waals surface area contributed by atoms with Gasteiger partial charge in [-0.15, -0.1) is 0 Å². The number of alkyl halides is 3. The van der Waals surface area contributed by atoms with Crippen LogP contribution in [0.4, 0.5) is 17.6 Å². The van der Waals surface area contributed by atoms with Gasteiger partial charge < -0.3 is 15.5 Å². The molecule has 0 aromatic rings. The molecule has 17 heavy (non-hydrogen) atoms. The Bertz CT molecular complexity index is 280. The summed E-state index contributed by atoms with van der Waals surface area (Å²) >= 11 is 0. The predicted molar refractivity (Wildman–Crippen MR) is 51.0 cm³/mol. The normalized spacial score (nSPS) is 19.1. The lowest BCUT2D eigenvalue weighted by Crippen LogP contribution is -2.24. The standard InChI is InChI=1S/C7H12FNO.C2HF3O2/c8-7(5-10)6-2-1-3-9-4-6;3-2(4,5)1(6)7/h9-10H,1-5H2;(H,6,7)/b7-6-;. The molecule has 1 aliphatic heterocycles. The summed E-state index contributed by atoms with van der Waals surface area (Å²) in [5.74, 6) is -3.11. The number of aliphatic hydroxyl groups is 1. The van der Waals surface area contributed by atoms with E-state index in [1.165, 1.54) is 0 Å². The fourth-order valence-corrected chi connectivity index (χ4v) is 1.10. The van der Waals surface area contributed by atoms with Crippen LogP contribution in [0.25, 0.3) is 0 Å². The van der Waals surface area contributed by atoms with Gasteiger partial charge in [0.15, 0.2) is 0 Å². The van der Waals surface area contributed by atoms with Crippen molar-refractivity contribution in [2.45, 2.75) is 19.0 Å². The Morgan fingerprint density at radius 2 is 1.94 bits per heavy atom. The van der Waals surface area contributed by atoms with E-state index in [2.05, 4.69) is 5.32 Å². The first-order valence-corrected chi connectivity index (χ1v) is 4.77. The predicted octanol–water partition coefficient (Wildman–Crippen LogP) is 1.22. The summed E-state index contributed by atoms with van der Waals surface area (Å²) in [6, 6.07) is 0. The highest BCUT2D eigenvalue weighted by molar-refractivity contribution is 5.73. The van der Waals surface area contributed by atoms with E-state index >= 15 is 0 Å². The van der Waals surface area contributed by atoms with Crippen molar-refractivity contribution < 1.29 is 32.6 Å². The van der Waals surface area contributed by atoms with Gasteiger partial charge in [0.05, 0.1) is 6.61 Å². The van der Waals surface area contributed by atoms with Gasteiger partial charge in [-0.1, -0.05) is 0 Å². The molecule has 1 aliphatic rings. The average Bonchev–Trinajstić information content (AvgIpc) is 2.28. The Morgan fingerprint density at radius 3 is 2.24 bits per heavy atom. The summed E-state index contributed by atoms with van der Waals surface area (Å²) in [5, 5.41) is 18.6. The van der Waals surface area contributed by atoms with Crippen LogP contribution in [0.15, 0.2) is 11.4 Å². The van der Waals surface area contributed by atoms with Crippen molar-refractivity contribution in [2.75, 3.05) is 19.7 Å². The lowest BCUT2D eigenvalue weighted by Gasteiger charge is -2.15. The van der Waals surface area contributed by atoms with Crippen LogP contribution in [0.3, 0.4) is 0 Å². The second-order valence-corrected chi connectivity index (χ2v) is 3.25. The highest BCUT2D eigenvalue weighted by Crippen LogP contribution is 2.14. The number of nitrogens with one attached hydrogen (secondary N) is 1. The van der Waals surface area contributed by atoms with E-state index in [9.17, 15) is 17.6 Å². The minimum absolute atomic E-state index is 0.354. The number of hydrogen-bond acceptors (Lipinski definition) is 3. The fourth-order valence-electron chi connectivity index (χ4n) is 1.10. The van der Waals surface area contributed by atoms with Gasteiger partial charge in [-0.3, -0.25) is 0 Å². The number of piperidine rings is 1. The van der Waals surface area contributed by atoms with Crippen molar-refractivity contribution in [3.63, 3.8) is 0 Å². The van der Waals surface area contributed by atoms with Crippen LogP contribution in [0.2, 0.25) is 0 Å². The third kappa shape index (κ3) is 6.90. The lowest BCUT2D eigenvalue weighted by molar-refractivity contribution is -0.192. The van der Waals surface area contributed by atoms with Gasteiger partial charge in [0, 0.05) is 6.54 Å². The van der Waals surface area contributed by atoms with E-state index in [1.54, 1.807) is 0 Å². The van der Waals surface area contributed by atoms with Gasteiger partial charge >= 0.3 is 12.1 Å². The lowest BCUT2D eigenvalue weighted by atomic mass is 10.1. The van der Waals surface area contributed by atoms with Crippen LogP contribution >= 0.6 is 0 Å². The summed E-state index contributed by atoms with van der Waals surface area (Å²) < 4.78 is 44.3. The van der Waals surface area contributed by atoms with Crippen LogP contribution in [-0.2, 0) is 4.79 Å². The molecule has 0 aromatic carbocycles. The van der Waals surface area contributed by atoms with Gasteiger partial charge in [-0.2, -0.15) is 13.2 Å². The van der Waals surface area contributed by atoms with Gasteiger partial charge in [0.25, 0.3) is 0 Å². The maximum absolute atomic E-state index is 12.6. The third-order valence-corrected chi connectivity index (χ3v) is 1.94. The Kier molecular flexibility index (Phi) is 6.74. The van der Waals surface area contributed by atoms with Crippen LogP contribution in [0, 0.1) is 0 Å². The average molecular weight is 259 g/mol. The molecule has 0 spiro atoms. The summed E-state index contributed by atoms with van der Waals surface area (Å²) in [4.78, 5) is 8.90. The van der Waals surface area contributed by atoms with Crippen LogP contribution in [0.5, 0.6) is 0 Å².